The van der Waals surface area contributed by atoms with E-state index in [0.29, 0.717) is 28.8 Å². The van der Waals surface area contributed by atoms with Gasteiger partial charge in [0.15, 0.2) is 0 Å². The van der Waals surface area contributed by atoms with Gasteiger partial charge in [0.25, 0.3) is 5.91 Å². The third kappa shape index (κ3) is 4.43. The van der Waals surface area contributed by atoms with Crippen LogP contribution < -0.4 is 5.73 Å². The van der Waals surface area contributed by atoms with E-state index in [0.717, 1.165) is 31.2 Å². The number of nitrogen functional groups attached to an aromatic ring is 1. The summed E-state index contributed by atoms with van der Waals surface area (Å²) >= 11 is 0. The van der Waals surface area contributed by atoms with Crippen LogP contribution in [0.5, 0.6) is 0 Å². The first-order chi connectivity index (χ1) is 17.0. The molecule has 1 aromatic carbocycles. The Bertz CT molecular complexity index is 1460. The first kappa shape index (κ1) is 23.9. The van der Waals surface area contributed by atoms with Crippen LogP contribution in [0, 0.1) is 11.7 Å². The predicted molar refractivity (Wildman–Crippen MR) is 125 cm³/mol. The van der Waals surface area contributed by atoms with Gasteiger partial charge in [0, 0.05) is 38.3 Å². The molecule has 5 rings (SSSR count). The minimum absolute atomic E-state index is 0.126. The van der Waals surface area contributed by atoms with Crippen molar-refractivity contribution in [1.82, 2.24) is 29.8 Å². The summed E-state index contributed by atoms with van der Waals surface area (Å²) in [5.41, 5.74) is 6.03. The Morgan fingerprint density at radius 1 is 1.19 bits per heavy atom. The number of fused-ring (bicyclic) bond motifs is 3. The first-order valence-corrected chi connectivity index (χ1v) is 11.3. The van der Waals surface area contributed by atoms with Crippen molar-refractivity contribution in [2.45, 2.75) is 25.6 Å². The number of halogens is 4. The van der Waals surface area contributed by atoms with Gasteiger partial charge in [-0.3, -0.25) is 19.5 Å². The number of nitrogens with zero attached hydrogens (tertiary/aromatic N) is 6. The molecular weight excluding hydrogens is 478 g/mol. The first-order valence-electron chi connectivity index (χ1n) is 11.3. The summed E-state index contributed by atoms with van der Waals surface area (Å²) in [6.45, 7) is 0.421. The Balaban J connectivity index is 1.54. The lowest BCUT2D eigenvalue weighted by molar-refractivity contribution is -0.137. The third-order valence-electron chi connectivity index (χ3n) is 6.36. The van der Waals surface area contributed by atoms with E-state index in [2.05, 4.69) is 15.1 Å². The molecule has 3 heterocycles. The molecule has 0 aliphatic heterocycles. The highest BCUT2D eigenvalue weighted by Crippen LogP contribution is 2.32. The lowest BCUT2D eigenvalue weighted by Crippen LogP contribution is -2.45. The van der Waals surface area contributed by atoms with Gasteiger partial charge in [-0.25, -0.2) is 14.4 Å². The summed E-state index contributed by atoms with van der Waals surface area (Å²) in [5.74, 6) is -0.839. The van der Waals surface area contributed by atoms with Crippen LogP contribution in [-0.2, 0) is 19.8 Å². The van der Waals surface area contributed by atoms with E-state index in [9.17, 15) is 18.0 Å². The van der Waals surface area contributed by atoms with E-state index in [1.54, 1.807) is 30.0 Å². The Labute approximate surface area is 203 Å². The van der Waals surface area contributed by atoms with Gasteiger partial charge in [-0.15, -0.1) is 0 Å². The van der Waals surface area contributed by atoms with Gasteiger partial charge in [0.1, 0.15) is 11.6 Å². The Kier molecular flexibility index (Phi) is 5.78. The lowest BCUT2D eigenvalue weighted by atomic mass is 10.1. The van der Waals surface area contributed by atoms with Crippen molar-refractivity contribution in [3.05, 3.63) is 59.3 Å². The number of hydrogen-bond acceptors (Lipinski definition) is 6. The van der Waals surface area contributed by atoms with Crippen molar-refractivity contribution in [2.24, 2.45) is 13.0 Å². The maximum Gasteiger partial charge on any atom is 0.417 e. The number of nitrogens with two attached hydrogens (primary N) is 1. The zero-order valence-electron chi connectivity index (χ0n) is 19.6. The molecular formula is C24H23F4N7O. The van der Waals surface area contributed by atoms with Gasteiger partial charge >= 0.3 is 6.18 Å². The van der Waals surface area contributed by atoms with E-state index in [1.807, 2.05) is 0 Å². The van der Waals surface area contributed by atoms with E-state index in [1.165, 1.54) is 17.1 Å². The monoisotopic (exact) mass is 501 g/mol. The highest BCUT2D eigenvalue weighted by Gasteiger charge is 2.32. The average molecular weight is 501 g/mol. The summed E-state index contributed by atoms with van der Waals surface area (Å²) in [7, 11) is 3.40. The molecule has 8 nitrogen and oxygen atoms in total. The van der Waals surface area contributed by atoms with Gasteiger partial charge in [-0.05, 0) is 37.0 Å². The molecule has 0 bridgehead atoms. The fourth-order valence-corrected chi connectivity index (χ4v) is 4.24. The van der Waals surface area contributed by atoms with Crippen LogP contribution in [0.15, 0.2) is 36.7 Å². The minimum Gasteiger partial charge on any atom is -0.383 e. The number of benzene rings is 1. The smallest absolute Gasteiger partial charge is 0.383 e. The second kappa shape index (κ2) is 8.70. The van der Waals surface area contributed by atoms with Gasteiger partial charge in [-0.2, -0.15) is 18.3 Å². The summed E-state index contributed by atoms with van der Waals surface area (Å²) in [5, 5.41) is 8.25. The van der Waals surface area contributed by atoms with Crippen molar-refractivity contribution >= 4 is 33.5 Å². The topological polar surface area (TPSA) is 93.2 Å². The number of anilines is 1. The molecule has 0 saturated heterocycles. The molecule has 3 aromatic heterocycles. The minimum atomic E-state index is -4.52. The molecule has 2 N–H and O–H groups in total. The Morgan fingerprint density at radius 3 is 2.58 bits per heavy atom. The van der Waals surface area contributed by atoms with Crippen LogP contribution in [0.4, 0.5) is 23.4 Å². The number of rotatable bonds is 6. The largest absolute Gasteiger partial charge is 0.417 e. The molecule has 188 valence electrons. The molecule has 1 amide bonds. The number of alkyl halides is 3. The highest BCUT2D eigenvalue weighted by molar-refractivity contribution is 6.10. The third-order valence-corrected chi connectivity index (χ3v) is 6.36. The molecule has 4 aromatic rings. The molecule has 1 aliphatic rings. The van der Waals surface area contributed by atoms with Crippen molar-refractivity contribution in [3.8, 4) is 0 Å². The van der Waals surface area contributed by atoms with Crippen LogP contribution in [0.2, 0.25) is 0 Å². The number of hydrogen-bond donors (Lipinski definition) is 1. The van der Waals surface area contributed by atoms with Crippen LogP contribution in [-0.4, -0.2) is 49.3 Å². The molecule has 1 saturated carbocycles. The number of carbonyl (C=O) groups excluding carboxylic acids is 1. The lowest BCUT2D eigenvalue weighted by Gasteiger charge is -2.32. The van der Waals surface area contributed by atoms with Crippen LogP contribution in [0.3, 0.4) is 0 Å². The fraction of sp³-hybridized carbons (Fsp3) is 0.333. The molecule has 36 heavy (non-hydrogen) atoms. The van der Waals surface area contributed by atoms with Crippen molar-refractivity contribution in [2.75, 3.05) is 19.3 Å². The fourth-order valence-electron chi connectivity index (χ4n) is 4.24. The predicted octanol–water partition coefficient (Wildman–Crippen LogP) is 4.16. The van der Waals surface area contributed by atoms with Crippen LogP contribution >= 0.6 is 0 Å². The second-order valence-corrected chi connectivity index (χ2v) is 9.06. The maximum atomic E-state index is 15.2. The van der Waals surface area contributed by atoms with Gasteiger partial charge in [0.05, 0.1) is 46.0 Å². The van der Waals surface area contributed by atoms with Gasteiger partial charge < -0.3 is 5.73 Å². The standard InChI is InChI=1S/C24H23F4N7O/c1-33(11-13-3-4-13)35(12-15-6-5-14(9-30-15)24(26,27)28)23(36)16-7-17-20(8-19(16)25)32-22(29)18-10-31-34(2)21(17)18/h5-10,13H,3-4,11-12H2,1-2H3,(H2,29,32). The number of pyridine rings is 2. The molecule has 0 spiro atoms. The van der Waals surface area contributed by atoms with E-state index < -0.39 is 23.5 Å². The summed E-state index contributed by atoms with van der Waals surface area (Å²) in [6.07, 6.45) is -0.215. The molecule has 1 fully saturated rings. The number of carbonyl (C=O) groups is 1. The second-order valence-electron chi connectivity index (χ2n) is 9.06. The SMILES string of the molecule is CN(CC1CC1)N(Cc1ccc(C(F)(F)F)cn1)C(=O)c1cc2c(cc1F)nc(N)c1cnn(C)c12. The van der Waals surface area contributed by atoms with Crippen molar-refractivity contribution < 1.29 is 22.4 Å². The summed E-state index contributed by atoms with van der Waals surface area (Å²) in [6, 6.07) is 4.71. The summed E-state index contributed by atoms with van der Waals surface area (Å²) in [4.78, 5) is 21.8. The quantitative estimate of drug-likeness (QED) is 0.315. The Hall–Kier alpha value is -3.80. The van der Waals surface area contributed by atoms with Gasteiger partial charge in [-0.1, -0.05) is 0 Å². The summed E-state index contributed by atoms with van der Waals surface area (Å²) < 4.78 is 55.7. The number of aromatic nitrogens is 4. The van der Waals surface area contributed by atoms with Crippen LogP contribution in [0.25, 0.3) is 21.8 Å². The number of amides is 1. The molecule has 0 unspecified atom stereocenters. The number of hydrazine groups is 1. The molecule has 1 aliphatic carbocycles. The zero-order chi connectivity index (χ0) is 25.8. The molecule has 0 atom stereocenters. The van der Waals surface area contributed by atoms with E-state index in [4.69, 9.17) is 5.73 Å². The zero-order valence-corrected chi connectivity index (χ0v) is 19.6. The van der Waals surface area contributed by atoms with Crippen molar-refractivity contribution in [1.29, 1.82) is 0 Å². The van der Waals surface area contributed by atoms with Crippen LogP contribution in [0.1, 0.15) is 34.5 Å². The van der Waals surface area contributed by atoms with E-state index in [-0.39, 0.29) is 29.1 Å². The normalized spacial score (nSPS) is 14.2. The molecule has 12 heteroatoms. The van der Waals surface area contributed by atoms with Crippen molar-refractivity contribution in [3.63, 3.8) is 0 Å². The highest BCUT2D eigenvalue weighted by atomic mass is 19.4. The maximum absolute atomic E-state index is 15.2. The molecule has 0 radical (unpaired) electrons. The number of aryl methyl sites for hydroxylation is 1. The van der Waals surface area contributed by atoms with E-state index >= 15 is 4.39 Å². The van der Waals surface area contributed by atoms with Gasteiger partial charge in [0.2, 0.25) is 0 Å². The average Bonchev–Trinajstić information content (AvgIpc) is 3.55. The Morgan fingerprint density at radius 2 is 1.94 bits per heavy atom.